The van der Waals surface area contributed by atoms with Crippen LogP contribution in [0.15, 0.2) is 39.0 Å². The Morgan fingerprint density at radius 3 is 2.44 bits per heavy atom. The minimum atomic E-state index is -0.716. The second kappa shape index (κ2) is 7.99. The van der Waals surface area contributed by atoms with Gasteiger partial charge in [-0.25, -0.2) is 19.0 Å². The fourth-order valence-electron chi connectivity index (χ4n) is 1.74. The molecule has 0 saturated carbocycles. The Morgan fingerprint density at radius 2 is 1.80 bits per heavy atom. The van der Waals surface area contributed by atoms with Crippen molar-refractivity contribution in [2.75, 3.05) is 11.1 Å². The van der Waals surface area contributed by atoms with E-state index in [4.69, 9.17) is 11.6 Å². The Kier molecular flexibility index (Phi) is 5.99. The molecule has 132 valence electrons. The van der Waals surface area contributed by atoms with E-state index in [1.165, 1.54) is 14.1 Å². The molecular weight excluding hydrogens is 370 g/mol. The Balaban J connectivity index is 1.93. The van der Waals surface area contributed by atoms with Gasteiger partial charge in [-0.05, 0) is 24.3 Å². The van der Waals surface area contributed by atoms with Crippen molar-refractivity contribution in [2.45, 2.75) is 5.16 Å². The highest BCUT2D eigenvalue weighted by molar-refractivity contribution is 7.99. The van der Waals surface area contributed by atoms with Gasteiger partial charge in [0.05, 0.1) is 5.75 Å². The quantitative estimate of drug-likeness (QED) is 0.746. The zero-order valence-electron chi connectivity index (χ0n) is 13.3. The molecular formula is C14H14ClN5O4S. The zero-order chi connectivity index (χ0) is 18.6. The van der Waals surface area contributed by atoms with Gasteiger partial charge in [0, 0.05) is 24.8 Å². The van der Waals surface area contributed by atoms with Crippen molar-refractivity contribution in [3.63, 3.8) is 0 Å². The number of carbonyl (C=O) groups is 2. The number of hydrogen-bond acceptors (Lipinski definition) is 6. The highest BCUT2D eigenvalue weighted by Gasteiger charge is 2.12. The molecule has 25 heavy (non-hydrogen) atoms. The average molecular weight is 384 g/mol. The number of nitrogens with one attached hydrogen (secondary N) is 2. The van der Waals surface area contributed by atoms with Gasteiger partial charge in [-0.2, -0.15) is 4.98 Å². The predicted molar refractivity (Wildman–Crippen MR) is 94.1 cm³/mol. The predicted octanol–water partition coefficient (Wildman–Crippen LogP) is 0.573. The smallest absolute Gasteiger partial charge is 0.308 e. The summed E-state index contributed by atoms with van der Waals surface area (Å²) in [5.74, 6) is -0.798. The molecule has 0 bridgehead atoms. The third-order valence-electron chi connectivity index (χ3n) is 3.03. The fraction of sp³-hybridized carbons (Fsp3) is 0.214. The molecule has 0 fully saturated rings. The van der Waals surface area contributed by atoms with Gasteiger partial charge in [-0.1, -0.05) is 23.4 Å². The number of imide groups is 1. The molecule has 0 aliphatic carbocycles. The van der Waals surface area contributed by atoms with Crippen LogP contribution in [-0.2, 0) is 18.9 Å². The highest BCUT2D eigenvalue weighted by Crippen LogP contribution is 2.13. The molecule has 0 atom stereocenters. The maximum atomic E-state index is 11.8. The van der Waals surface area contributed by atoms with E-state index in [-0.39, 0.29) is 10.9 Å². The van der Waals surface area contributed by atoms with Gasteiger partial charge in [0.2, 0.25) is 5.91 Å². The van der Waals surface area contributed by atoms with Gasteiger partial charge in [-0.3, -0.25) is 14.7 Å². The van der Waals surface area contributed by atoms with Gasteiger partial charge >= 0.3 is 17.4 Å². The Hall–Kier alpha value is -2.59. The number of hydrogen-bond donors (Lipinski definition) is 2. The van der Waals surface area contributed by atoms with Crippen LogP contribution in [-0.4, -0.2) is 31.8 Å². The minimum Gasteiger partial charge on any atom is -0.308 e. The number of aromatic nitrogens is 3. The number of benzene rings is 1. The van der Waals surface area contributed by atoms with E-state index in [1.54, 1.807) is 24.3 Å². The van der Waals surface area contributed by atoms with E-state index in [9.17, 15) is 19.2 Å². The van der Waals surface area contributed by atoms with Crippen molar-refractivity contribution in [1.29, 1.82) is 0 Å². The first-order valence-corrected chi connectivity index (χ1v) is 8.27. The molecule has 2 N–H and O–H groups in total. The van der Waals surface area contributed by atoms with E-state index in [1.807, 2.05) is 0 Å². The number of anilines is 1. The molecule has 11 heteroatoms. The van der Waals surface area contributed by atoms with Crippen molar-refractivity contribution < 1.29 is 9.59 Å². The highest BCUT2D eigenvalue weighted by atomic mass is 35.5. The van der Waals surface area contributed by atoms with Crippen LogP contribution in [0, 0.1) is 0 Å². The number of carbonyl (C=O) groups excluding carboxylic acids is 2. The van der Waals surface area contributed by atoms with Crippen molar-refractivity contribution >= 4 is 41.0 Å². The molecule has 0 radical (unpaired) electrons. The molecule has 0 spiro atoms. The van der Waals surface area contributed by atoms with E-state index in [0.29, 0.717) is 10.7 Å². The topological polar surface area (TPSA) is 115 Å². The van der Waals surface area contributed by atoms with E-state index < -0.39 is 23.3 Å². The first kappa shape index (κ1) is 18.7. The summed E-state index contributed by atoms with van der Waals surface area (Å²) in [7, 11) is 2.74. The molecule has 1 heterocycles. The summed E-state index contributed by atoms with van der Waals surface area (Å²) >= 11 is 6.61. The van der Waals surface area contributed by atoms with Crippen molar-refractivity contribution in [3.8, 4) is 0 Å². The molecule has 9 nitrogen and oxygen atoms in total. The van der Waals surface area contributed by atoms with Crippen LogP contribution in [0.3, 0.4) is 0 Å². The lowest BCUT2D eigenvalue weighted by Crippen LogP contribution is -2.40. The number of urea groups is 1. The summed E-state index contributed by atoms with van der Waals surface area (Å²) in [5, 5.41) is 5.21. The summed E-state index contributed by atoms with van der Waals surface area (Å²) in [5.41, 5.74) is -0.798. The molecule has 0 aliphatic rings. The Labute approximate surface area is 151 Å². The maximum absolute atomic E-state index is 11.8. The number of rotatable bonds is 4. The average Bonchev–Trinajstić information content (AvgIpc) is 2.57. The number of thioether (sulfide) groups is 1. The van der Waals surface area contributed by atoms with Crippen LogP contribution < -0.4 is 22.0 Å². The van der Waals surface area contributed by atoms with Crippen LogP contribution in [0.25, 0.3) is 0 Å². The van der Waals surface area contributed by atoms with Crippen LogP contribution in [0.1, 0.15) is 0 Å². The third-order valence-corrected chi connectivity index (χ3v) is 4.31. The van der Waals surface area contributed by atoms with Gasteiger partial charge in [0.1, 0.15) is 0 Å². The zero-order valence-corrected chi connectivity index (χ0v) is 14.8. The van der Waals surface area contributed by atoms with E-state index in [0.717, 1.165) is 20.9 Å². The maximum Gasteiger partial charge on any atom is 0.353 e. The third kappa shape index (κ3) is 4.94. The molecule has 3 amide bonds. The SMILES string of the molecule is Cn1c(SCC(=O)NC(=O)Nc2ccc(Cl)cc2)nc(=O)n(C)c1=O. The second-order valence-corrected chi connectivity index (χ2v) is 6.25. The minimum absolute atomic E-state index is 0.0846. The summed E-state index contributed by atoms with van der Waals surface area (Å²) < 4.78 is 2.00. The number of amides is 3. The van der Waals surface area contributed by atoms with Gasteiger partial charge in [0.25, 0.3) is 0 Å². The molecule has 0 aliphatic heterocycles. The monoisotopic (exact) mass is 383 g/mol. The molecule has 2 aromatic rings. The van der Waals surface area contributed by atoms with Gasteiger partial charge < -0.3 is 5.32 Å². The fourth-order valence-corrected chi connectivity index (χ4v) is 2.61. The summed E-state index contributed by atoms with van der Waals surface area (Å²) in [4.78, 5) is 50.5. The first-order valence-electron chi connectivity index (χ1n) is 6.91. The summed E-state index contributed by atoms with van der Waals surface area (Å²) in [6.45, 7) is 0. The molecule has 1 aromatic carbocycles. The van der Waals surface area contributed by atoms with Crippen LogP contribution in [0.5, 0.6) is 0 Å². The summed E-state index contributed by atoms with van der Waals surface area (Å²) in [6.07, 6.45) is 0. The van der Waals surface area contributed by atoms with Crippen molar-refractivity contribution in [2.24, 2.45) is 14.1 Å². The van der Waals surface area contributed by atoms with E-state index >= 15 is 0 Å². The standard InChI is InChI=1S/C14H14ClN5O4S/c1-19-12(23)18-13(20(2)14(19)24)25-7-10(21)17-11(22)16-9-5-3-8(15)4-6-9/h3-6H,7H2,1-2H3,(H2,16,17,21,22). The second-order valence-electron chi connectivity index (χ2n) is 4.88. The van der Waals surface area contributed by atoms with Crippen LogP contribution >= 0.6 is 23.4 Å². The van der Waals surface area contributed by atoms with Crippen LogP contribution in [0.4, 0.5) is 10.5 Å². The normalized spacial score (nSPS) is 10.4. The Bertz CT molecular complexity index is 922. The van der Waals surface area contributed by atoms with Gasteiger partial charge in [-0.15, -0.1) is 0 Å². The lowest BCUT2D eigenvalue weighted by atomic mass is 10.3. The number of halogens is 1. The van der Waals surface area contributed by atoms with Crippen molar-refractivity contribution in [1.82, 2.24) is 19.4 Å². The van der Waals surface area contributed by atoms with E-state index in [2.05, 4.69) is 15.6 Å². The van der Waals surface area contributed by atoms with Crippen molar-refractivity contribution in [3.05, 3.63) is 50.3 Å². The van der Waals surface area contributed by atoms with Crippen LogP contribution in [0.2, 0.25) is 5.02 Å². The lowest BCUT2D eigenvalue weighted by molar-refractivity contribution is -0.117. The molecule has 0 unspecified atom stereocenters. The molecule has 0 saturated heterocycles. The molecule has 2 rings (SSSR count). The summed E-state index contributed by atoms with van der Waals surface area (Å²) in [6, 6.07) is 5.65. The lowest BCUT2D eigenvalue weighted by Gasteiger charge is -2.08. The van der Waals surface area contributed by atoms with Gasteiger partial charge in [0.15, 0.2) is 5.16 Å². The Morgan fingerprint density at radius 1 is 1.16 bits per heavy atom. The number of nitrogens with zero attached hydrogens (tertiary/aromatic N) is 3. The largest absolute Gasteiger partial charge is 0.353 e. The molecule has 1 aromatic heterocycles. The first-order chi connectivity index (χ1) is 11.8.